The van der Waals surface area contributed by atoms with Gasteiger partial charge in [-0.3, -0.25) is 18.9 Å². The van der Waals surface area contributed by atoms with Crippen LogP contribution in [0.3, 0.4) is 0 Å². The summed E-state index contributed by atoms with van der Waals surface area (Å²) in [5.74, 6) is 0.560. The van der Waals surface area contributed by atoms with Crippen molar-refractivity contribution in [3.63, 3.8) is 0 Å². The second-order valence-electron chi connectivity index (χ2n) is 8.03. The third-order valence-corrected chi connectivity index (χ3v) is 6.66. The van der Waals surface area contributed by atoms with E-state index in [1.165, 1.54) is 16.2 Å². The number of fused-ring (bicyclic) bond motifs is 1. The maximum Gasteiger partial charge on any atom is 0.269 e. The molecule has 0 aliphatic carbocycles. The SMILES string of the molecule is CCCCCN1C(=O)/C(=C\c2c(Oc3cc(C)cc(C)c3)nc3ccccn3c2=O)SC1=S. The van der Waals surface area contributed by atoms with E-state index in [1.54, 1.807) is 29.3 Å². The molecule has 1 aliphatic heterocycles. The van der Waals surface area contributed by atoms with Gasteiger partial charge in [0.1, 0.15) is 21.3 Å². The van der Waals surface area contributed by atoms with E-state index in [-0.39, 0.29) is 22.9 Å². The molecule has 3 aromatic rings. The highest BCUT2D eigenvalue weighted by Crippen LogP contribution is 2.34. The van der Waals surface area contributed by atoms with E-state index in [1.807, 2.05) is 38.1 Å². The van der Waals surface area contributed by atoms with Crippen LogP contribution >= 0.6 is 24.0 Å². The lowest BCUT2D eigenvalue weighted by atomic mass is 10.1. The zero-order valence-electron chi connectivity index (χ0n) is 18.8. The molecule has 0 bridgehead atoms. The average molecular weight is 480 g/mol. The summed E-state index contributed by atoms with van der Waals surface area (Å²) in [4.78, 5) is 33.0. The minimum Gasteiger partial charge on any atom is -0.438 e. The molecule has 3 heterocycles. The number of nitrogens with zero attached hydrogens (tertiary/aromatic N) is 3. The number of pyridine rings is 1. The molecule has 0 radical (unpaired) electrons. The van der Waals surface area contributed by atoms with E-state index in [4.69, 9.17) is 17.0 Å². The molecule has 0 atom stereocenters. The Labute approximate surface area is 202 Å². The van der Waals surface area contributed by atoms with Crippen LogP contribution in [0.2, 0.25) is 0 Å². The third kappa shape index (κ3) is 5.02. The Morgan fingerprint density at radius 2 is 1.88 bits per heavy atom. The number of rotatable bonds is 7. The van der Waals surface area contributed by atoms with E-state index < -0.39 is 0 Å². The number of amides is 1. The fourth-order valence-electron chi connectivity index (χ4n) is 3.73. The maximum atomic E-state index is 13.4. The topological polar surface area (TPSA) is 63.9 Å². The molecule has 2 aromatic heterocycles. The average Bonchev–Trinajstić information content (AvgIpc) is 3.03. The highest BCUT2D eigenvalue weighted by atomic mass is 32.2. The highest BCUT2D eigenvalue weighted by Gasteiger charge is 2.32. The molecule has 1 fully saturated rings. The number of unbranched alkanes of at least 4 members (excludes halogenated alkanes) is 2. The van der Waals surface area contributed by atoms with Gasteiger partial charge in [-0.1, -0.05) is 55.9 Å². The van der Waals surface area contributed by atoms with E-state index in [9.17, 15) is 9.59 Å². The number of thioether (sulfide) groups is 1. The number of ether oxygens (including phenoxy) is 1. The van der Waals surface area contributed by atoms with Crippen LogP contribution < -0.4 is 10.3 Å². The van der Waals surface area contributed by atoms with Crippen LogP contribution in [0.15, 0.2) is 52.3 Å². The predicted octanol–water partition coefficient (Wildman–Crippen LogP) is 5.50. The summed E-state index contributed by atoms with van der Waals surface area (Å²) in [6.07, 6.45) is 6.19. The Kier molecular flexibility index (Phi) is 6.95. The van der Waals surface area contributed by atoms with Crippen LogP contribution in [0.5, 0.6) is 11.6 Å². The second kappa shape index (κ2) is 9.89. The molecular weight excluding hydrogens is 454 g/mol. The van der Waals surface area contributed by atoms with Gasteiger partial charge in [-0.05, 0) is 61.7 Å². The van der Waals surface area contributed by atoms with Crippen molar-refractivity contribution in [1.82, 2.24) is 14.3 Å². The van der Waals surface area contributed by atoms with Crippen molar-refractivity contribution >= 4 is 45.9 Å². The van der Waals surface area contributed by atoms with Gasteiger partial charge in [0.15, 0.2) is 0 Å². The van der Waals surface area contributed by atoms with Crippen LogP contribution in [0, 0.1) is 13.8 Å². The van der Waals surface area contributed by atoms with E-state index >= 15 is 0 Å². The Hall–Kier alpha value is -2.97. The van der Waals surface area contributed by atoms with Crippen LogP contribution in [-0.4, -0.2) is 31.1 Å². The third-order valence-electron chi connectivity index (χ3n) is 5.28. The first kappa shape index (κ1) is 23.2. The Morgan fingerprint density at radius 1 is 1.12 bits per heavy atom. The first-order valence-corrected chi connectivity index (χ1v) is 12.1. The quantitative estimate of drug-likeness (QED) is 0.253. The van der Waals surface area contributed by atoms with Gasteiger partial charge >= 0.3 is 0 Å². The number of thiocarbonyl (C=S) groups is 1. The molecule has 6 nitrogen and oxygen atoms in total. The number of hydrogen-bond acceptors (Lipinski definition) is 6. The summed E-state index contributed by atoms with van der Waals surface area (Å²) in [6.45, 7) is 6.65. The molecule has 1 aliphatic rings. The minimum atomic E-state index is -0.309. The number of aryl methyl sites for hydroxylation is 2. The minimum absolute atomic E-state index is 0.160. The molecule has 0 unspecified atom stereocenters. The molecule has 4 rings (SSSR count). The van der Waals surface area contributed by atoms with Gasteiger partial charge < -0.3 is 4.74 Å². The fourth-order valence-corrected chi connectivity index (χ4v) is 5.02. The summed E-state index contributed by atoms with van der Waals surface area (Å²) in [6, 6.07) is 11.1. The van der Waals surface area contributed by atoms with Crippen molar-refractivity contribution < 1.29 is 9.53 Å². The molecule has 0 N–H and O–H groups in total. The lowest BCUT2D eigenvalue weighted by Gasteiger charge is -2.13. The van der Waals surface area contributed by atoms with Gasteiger partial charge in [0, 0.05) is 12.7 Å². The van der Waals surface area contributed by atoms with Crippen LogP contribution in [-0.2, 0) is 4.79 Å². The molecule has 8 heteroatoms. The van der Waals surface area contributed by atoms with Gasteiger partial charge in [0.2, 0.25) is 5.88 Å². The molecule has 170 valence electrons. The molecule has 1 aromatic carbocycles. The van der Waals surface area contributed by atoms with E-state index in [2.05, 4.69) is 11.9 Å². The van der Waals surface area contributed by atoms with Crippen molar-refractivity contribution in [1.29, 1.82) is 0 Å². The van der Waals surface area contributed by atoms with Gasteiger partial charge in [0.05, 0.1) is 4.91 Å². The molecular formula is C25H25N3O3S2. The first-order chi connectivity index (χ1) is 15.9. The molecule has 0 saturated carbocycles. The number of aromatic nitrogens is 2. The molecule has 1 saturated heterocycles. The molecule has 33 heavy (non-hydrogen) atoms. The zero-order valence-corrected chi connectivity index (χ0v) is 20.5. The van der Waals surface area contributed by atoms with Crippen molar-refractivity contribution in [2.45, 2.75) is 40.0 Å². The van der Waals surface area contributed by atoms with Crippen molar-refractivity contribution in [3.05, 3.63) is 74.5 Å². The van der Waals surface area contributed by atoms with Crippen LogP contribution in [0.25, 0.3) is 11.7 Å². The summed E-state index contributed by atoms with van der Waals surface area (Å²) in [5, 5.41) is 0. The van der Waals surface area contributed by atoms with E-state index in [0.717, 1.165) is 30.4 Å². The number of benzene rings is 1. The Balaban J connectivity index is 1.78. The monoisotopic (exact) mass is 479 g/mol. The van der Waals surface area contributed by atoms with Crippen molar-refractivity contribution in [3.8, 4) is 11.6 Å². The van der Waals surface area contributed by atoms with Crippen LogP contribution in [0.4, 0.5) is 0 Å². The molecule has 1 amide bonds. The number of carbonyl (C=O) groups is 1. The zero-order chi connectivity index (χ0) is 23.5. The Morgan fingerprint density at radius 3 is 2.61 bits per heavy atom. The second-order valence-corrected chi connectivity index (χ2v) is 9.71. The lowest BCUT2D eigenvalue weighted by molar-refractivity contribution is -0.122. The predicted molar refractivity (Wildman–Crippen MR) is 137 cm³/mol. The molecule has 0 spiro atoms. The lowest BCUT2D eigenvalue weighted by Crippen LogP contribution is -2.29. The van der Waals surface area contributed by atoms with Gasteiger partial charge in [0.25, 0.3) is 11.5 Å². The van der Waals surface area contributed by atoms with Gasteiger partial charge in [-0.15, -0.1) is 0 Å². The summed E-state index contributed by atoms with van der Waals surface area (Å²) >= 11 is 6.64. The maximum absolute atomic E-state index is 13.4. The normalized spacial score (nSPS) is 15.1. The van der Waals surface area contributed by atoms with Gasteiger partial charge in [-0.25, -0.2) is 0 Å². The summed E-state index contributed by atoms with van der Waals surface area (Å²) in [7, 11) is 0. The number of carbonyl (C=O) groups excluding carboxylic acids is 1. The fraction of sp³-hybridized carbons (Fsp3) is 0.280. The van der Waals surface area contributed by atoms with Crippen LogP contribution in [0.1, 0.15) is 42.9 Å². The van der Waals surface area contributed by atoms with Gasteiger partial charge in [-0.2, -0.15) is 4.98 Å². The highest BCUT2D eigenvalue weighted by molar-refractivity contribution is 8.26. The van der Waals surface area contributed by atoms with Crippen molar-refractivity contribution in [2.75, 3.05) is 6.54 Å². The smallest absolute Gasteiger partial charge is 0.269 e. The Bertz CT molecular complexity index is 1310. The van der Waals surface area contributed by atoms with E-state index in [0.29, 0.717) is 27.2 Å². The van der Waals surface area contributed by atoms with Crippen molar-refractivity contribution in [2.24, 2.45) is 0 Å². The first-order valence-electron chi connectivity index (χ1n) is 10.9. The summed E-state index contributed by atoms with van der Waals surface area (Å²) in [5.41, 5.74) is 2.45. The standard InChI is InChI=1S/C25H25N3O3S2/c1-4-5-7-11-28-24(30)20(33-25(28)32)15-19-22(31-18-13-16(2)12-17(3)14-18)26-21-9-6-8-10-27(21)23(19)29/h6,8-10,12-15H,4-5,7,11H2,1-3H3/b20-15+. The largest absolute Gasteiger partial charge is 0.438 e. The number of hydrogen-bond donors (Lipinski definition) is 0. The summed E-state index contributed by atoms with van der Waals surface area (Å²) < 4.78 is 8.06.